The van der Waals surface area contributed by atoms with Gasteiger partial charge < -0.3 is 4.42 Å². The number of unbranched alkanes of at least 4 members (excludes halogenated alkanes) is 1. The molecule has 0 radical (unpaired) electrons. The molecule has 92 valence electrons. The number of aromatic nitrogens is 1. The van der Waals surface area contributed by atoms with Gasteiger partial charge in [0.2, 0.25) is 5.89 Å². The molecular weight excluding hydrogens is 238 g/mol. The zero-order chi connectivity index (χ0) is 12.3. The van der Waals surface area contributed by atoms with Gasteiger partial charge in [-0.2, -0.15) is 0 Å². The van der Waals surface area contributed by atoms with Crippen molar-refractivity contribution in [2.24, 2.45) is 0 Å². The molecule has 0 N–H and O–H groups in total. The Bertz CT molecular complexity index is 568. The number of sulfone groups is 1. The van der Waals surface area contributed by atoms with Crippen LogP contribution in [0.2, 0.25) is 0 Å². The largest absolute Gasteiger partial charge is 0.440 e. The molecule has 0 aliphatic heterocycles. The summed E-state index contributed by atoms with van der Waals surface area (Å²) in [6, 6.07) is 7.27. The van der Waals surface area contributed by atoms with Crippen molar-refractivity contribution >= 4 is 20.9 Å². The van der Waals surface area contributed by atoms with Gasteiger partial charge in [0.15, 0.2) is 15.4 Å². The second-order valence-electron chi connectivity index (χ2n) is 4.02. The number of para-hydroxylation sites is 2. The van der Waals surface area contributed by atoms with Crippen LogP contribution in [0.1, 0.15) is 25.7 Å². The average molecular weight is 253 g/mol. The molecule has 0 unspecified atom stereocenters. The van der Waals surface area contributed by atoms with Crippen LogP contribution in [0.5, 0.6) is 0 Å². The first-order chi connectivity index (χ1) is 8.11. The van der Waals surface area contributed by atoms with E-state index >= 15 is 0 Å². The van der Waals surface area contributed by atoms with E-state index < -0.39 is 9.84 Å². The highest BCUT2D eigenvalue weighted by Crippen LogP contribution is 2.16. The first kappa shape index (κ1) is 12.1. The predicted molar refractivity (Wildman–Crippen MR) is 66.4 cm³/mol. The maximum atomic E-state index is 11.7. The van der Waals surface area contributed by atoms with Crippen molar-refractivity contribution in [1.29, 1.82) is 0 Å². The van der Waals surface area contributed by atoms with Gasteiger partial charge in [-0.1, -0.05) is 25.5 Å². The van der Waals surface area contributed by atoms with Crippen molar-refractivity contribution in [2.45, 2.75) is 25.5 Å². The van der Waals surface area contributed by atoms with E-state index in [0.717, 1.165) is 6.42 Å². The van der Waals surface area contributed by atoms with Crippen LogP contribution in [-0.4, -0.2) is 19.2 Å². The number of rotatable bonds is 5. The standard InChI is InChI=1S/C12H15NO3S/c1-2-3-8-17(14,15)9-12-13-10-6-4-5-7-11(10)16-12/h4-7H,2-3,8-9H2,1H3. The summed E-state index contributed by atoms with van der Waals surface area (Å²) in [7, 11) is -3.10. The molecule has 1 heterocycles. The highest BCUT2D eigenvalue weighted by atomic mass is 32.2. The minimum Gasteiger partial charge on any atom is -0.440 e. The number of benzene rings is 1. The highest BCUT2D eigenvalue weighted by Gasteiger charge is 2.15. The molecule has 0 atom stereocenters. The second kappa shape index (κ2) is 4.87. The van der Waals surface area contributed by atoms with Gasteiger partial charge in [-0.15, -0.1) is 0 Å². The van der Waals surface area contributed by atoms with Crippen LogP contribution in [0.3, 0.4) is 0 Å². The van der Waals surface area contributed by atoms with E-state index in [1.807, 2.05) is 19.1 Å². The van der Waals surface area contributed by atoms with E-state index in [1.54, 1.807) is 12.1 Å². The third-order valence-corrected chi connectivity index (χ3v) is 4.09. The van der Waals surface area contributed by atoms with Crippen LogP contribution in [0.15, 0.2) is 28.7 Å². The lowest BCUT2D eigenvalue weighted by atomic mass is 10.3. The Kier molecular flexibility index (Phi) is 3.47. The van der Waals surface area contributed by atoms with Crippen LogP contribution >= 0.6 is 0 Å². The summed E-state index contributed by atoms with van der Waals surface area (Å²) < 4.78 is 28.9. The summed E-state index contributed by atoms with van der Waals surface area (Å²) >= 11 is 0. The van der Waals surface area contributed by atoms with Crippen LogP contribution in [0.25, 0.3) is 11.1 Å². The molecule has 0 saturated carbocycles. The molecule has 0 aliphatic rings. The lowest BCUT2D eigenvalue weighted by molar-refractivity contribution is 0.539. The van der Waals surface area contributed by atoms with E-state index in [9.17, 15) is 8.42 Å². The van der Waals surface area contributed by atoms with Gasteiger partial charge in [0.25, 0.3) is 0 Å². The van der Waals surface area contributed by atoms with E-state index in [1.165, 1.54) is 0 Å². The molecule has 1 aromatic heterocycles. The Balaban J connectivity index is 2.18. The normalized spacial score (nSPS) is 12.1. The summed E-state index contributed by atoms with van der Waals surface area (Å²) in [5.41, 5.74) is 1.33. The van der Waals surface area contributed by atoms with Crippen LogP contribution in [-0.2, 0) is 15.6 Å². The first-order valence-corrected chi connectivity index (χ1v) is 7.48. The third kappa shape index (κ3) is 3.06. The Morgan fingerprint density at radius 2 is 2.06 bits per heavy atom. The molecule has 17 heavy (non-hydrogen) atoms. The third-order valence-electron chi connectivity index (χ3n) is 2.49. The summed E-state index contributed by atoms with van der Waals surface area (Å²) in [4.78, 5) is 4.16. The zero-order valence-corrected chi connectivity index (χ0v) is 10.5. The smallest absolute Gasteiger partial charge is 0.210 e. The summed E-state index contributed by atoms with van der Waals surface area (Å²) in [6.07, 6.45) is 1.55. The number of fused-ring (bicyclic) bond motifs is 1. The molecule has 0 saturated heterocycles. The van der Waals surface area contributed by atoms with Crippen molar-refractivity contribution in [3.05, 3.63) is 30.2 Å². The number of hydrogen-bond donors (Lipinski definition) is 0. The van der Waals surface area contributed by atoms with Crippen molar-refractivity contribution in [3.63, 3.8) is 0 Å². The SMILES string of the molecule is CCCCS(=O)(=O)Cc1nc2ccccc2o1. The summed E-state index contributed by atoms with van der Waals surface area (Å²) in [5.74, 6) is 0.367. The Morgan fingerprint density at radius 3 is 2.76 bits per heavy atom. The lowest BCUT2D eigenvalue weighted by Gasteiger charge is -1.99. The molecule has 4 nitrogen and oxygen atoms in total. The van der Waals surface area contributed by atoms with Gasteiger partial charge in [-0.25, -0.2) is 13.4 Å². The van der Waals surface area contributed by atoms with Gasteiger partial charge in [0.05, 0.1) is 5.75 Å². The van der Waals surface area contributed by atoms with Crippen LogP contribution in [0, 0.1) is 0 Å². The van der Waals surface area contributed by atoms with Crippen molar-refractivity contribution in [2.75, 3.05) is 5.75 Å². The topological polar surface area (TPSA) is 60.2 Å². The van der Waals surface area contributed by atoms with E-state index in [-0.39, 0.29) is 17.4 Å². The molecule has 1 aromatic carbocycles. The molecular formula is C12H15NO3S. The Hall–Kier alpha value is -1.36. The van der Waals surface area contributed by atoms with Gasteiger partial charge in [-0.05, 0) is 18.6 Å². The van der Waals surface area contributed by atoms with Gasteiger partial charge in [0, 0.05) is 0 Å². The summed E-state index contributed by atoms with van der Waals surface area (Å²) in [6.45, 7) is 1.97. The molecule has 0 aliphatic carbocycles. The van der Waals surface area contributed by atoms with Crippen LogP contribution in [0.4, 0.5) is 0 Å². The van der Waals surface area contributed by atoms with Crippen molar-refractivity contribution in [3.8, 4) is 0 Å². The molecule has 0 amide bonds. The van der Waals surface area contributed by atoms with Gasteiger partial charge in [0.1, 0.15) is 11.3 Å². The fourth-order valence-corrected chi connectivity index (χ4v) is 2.98. The number of oxazole rings is 1. The fourth-order valence-electron chi connectivity index (χ4n) is 1.61. The lowest BCUT2D eigenvalue weighted by Crippen LogP contribution is -2.09. The monoisotopic (exact) mass is 253 g/mol. The zero-order valence-electron chi connectivity index (χ0n) is 9.72. The molecule has 0 fully saturated rings. The summed E-state index contributed by atoms with van der Waals surface area (Å²) in [5, 5.41) is 0. The van der Waals surface area contributed by atoms with E-state index in [2.05, 4.69) is 4.98 Å². The predicted octanol–water partition coefficient (Wildman–Crippen LogP) is 2.54. The van der Waals surface area contributed by atoms with Crippen molar-refractivity contribution < 1.29 is 12.8 Å². The van der Waals surface area contributed by atoms with E-state index in [0.29, 0.717) is 17.5 Å². The molecule has 2 rings (SSSR count). The molecule has 0 spiro atoms. The molecule has 5 heteroatoms. The maximum Gasteiger partial charge on any atom is 0.210 e. The van der Waals surface area contributed by atoms with Crippen LogP contribution < -0.4 is 0 Å². The minimum absolute atomic E-state index is 0.109. The number of nitrogens with zero attached hydrogens (tertiary/aromatic N) is 1. The first-order valence-electron chi connectivity index (χ1n) is 5.65. The van der Waals surface area contributed by atoms with Gasteiger partial charge >= 0.3 is 0 Å². The highest BCUT2D eigenvalue weighted by molar-refractivity contribution is 7.90. The second-order valence-corrected chi connectivity index (χ2v) is 6.20. The average Bonchev–Trinajstić information content (AvgIpc) is 2.67. The van der Waals surface area contributed by atoms with Gasteiger partial charge in [-0.3, -0.25) is 0 Å². The Labute approximate surface area is 101 Å². The van der Waals surface area contributed by atoms with Crippen molar-refractivity contribution in [1.82, 2.24) is 4.98 Å². The minimum atomic E-state index is -3.10. The molecule has 0 bridgehead atoms. The quantitative estimate of drug-likeness (QED) is 0.821. The molecule has 2 aromatic rings. The Morgan fingerprint density at radius 1 is 1.29 bits per heavy atom. The maximum absolute atomic E-state index is 11.7. The fraction of sp³-hybridized carbons (Fsp3) is 0.417. The number of hydrogen-bond acceptors (Lipinski definition) is 4. The van der Waals surface area contributed by atoms with E-state index in [4.69, 9.17) is 4.42 Å².